The summed E-state index contributed by atoms with van der Waals surface area (Å²) in [5.74, 6) is -0.118. The zero-order valence-electron chi connectivity index (χ0n) is 17.2. The van der Waals surface area contributed by atoms with E-state index in [0.717, 1.165) is 22.9 Å². The molecule has 0 unspecified atom stereocenters. The Morgan fingerprint density at radius 3 is 2.23 bits per heavy atom. The van der Waals surface area contributed by atoms with Crippen LogP contribution in [-0.2, 0) is 17.8 Å². The number of rotatable bonds is 7. The quantitative estimate of drug-likeness (QED) is 0.446. The van der Waals surface area contributed by atoms with E-state index in [1.54, 1.807) is 6.08 Å². The second-order valence-corrected chi connectivity index (χ2v) is 7.46. The van der Waals surface area contributed by atoms with Gasteiger partial charge in [0.2, 0.25) is 5.91 Å². The van der Waals surface area contributed by atoms with Gasteiger partial charge in [0.05, 0.1) is 0 Å². The smallest absolute Gasteiger partial charge is 0.255 e. The molecule has 31 heavy (non-hydrogen) atoms. The highest BCUT2D eigenvalue weighted by Gasteiger charge is 2.12. The predicted octanol–water partition coefficient (Wildman–Crippen LogP) is 4.81. The van der Waals surface area contributed by atoms with E-state index in [1.165, 1.54) is 11.6 Å². The number of para-hydroxylation sites is 1. The van der Waals surface area contributed by atoms with Crippen LogP contribution < -0.4 is 5.56 Å². The Bertz CT molecular complexity index is 1240. The average Bonchev–Trinajstić information content (AvgIpc) is 2.81. The standard InChI is InChI=1S/C27H24N2O2/c30-26(16-15-24-19-23-13-7-8-14-25(23)28-27(24)31)29(20-22-11-5-2-6-12-22)18-17-21-9-3-1-4-10-21/h1-16,19H,17-18,20H2,(H,28,31). The third-order valence-electron chi connectivity index (χ3n) is 5.23. The average molecular weight is 409 g/mol. The molecule has 0 aliphatic carbocycles. The molecule has 0 fully saturated rings. The summed E-state index contributed by atoms with van der Waals surface area (Å²) in [7, 11) is 0. The molecule has 0 spiro atoms. The molecule has 0 aliphatic heterocycles. The topological polar surface area (TPSA) is 53.2 Å². The van der Waals surface area contributed by atoms with Gasteiger partial charge in [-0.1, -0.05) is 78.9 Å². The largest absolute Gasteiger partial charge is 0.335 e. The minimum Gasteiger partial charge on any atom is -0.335 e. The summed E-state index contributed by atoms with van der Waals surface area (Å²) in [6.45, 7) is 1.11. The van der Waals surface area contributed by atoms with E-state index in [-0.39, 0.29) is 11.5 Å². The molecule has 3 aromatic carbocycles. The molecule has 1 amide bonds. The number of H-pyrrole nitrogens is 1. The van der Waals surface area contributed by atoms with Gasteiger partial charge in [-0.25, -0.2) is 0 Å². The Labute approximate surface area is 181 Å². The zero-order valence-corrected chi connectivity index (χ0v) is 17.2. The third kappa shape index (κ3) is 5.37. The summed E-state index contributed by atoms with van der Waals surface area (Å²) in [6, 6.07) is 29.5. The number of fused-ring (bicyclic) bond motifs is 1. The Morgan fingerprint density at radius 2 is 1.48 bits per heavy atom. The fourth-order valence-electron chi connectivity index (χ4n) is 3.53. The monoisotopic (exact) mass is 408 g/mol. The van der Waals surface area contributed by atoms with Gasteiger partial charge in [-0.15, -0.1) is 0 Å². The number of amides is 1. The minimum atomic E-state index is -0.207. The molecule has 4 aromatic rings. The van der Waals surface area contributed by atoms with Crippen LogP contribution in [0.5, 0.6) is 0 Å². The van der Waals surface area contributed by atoms with Crippen molar-refractivity contribution in [1.82, 2.24) is 9.88 Å². The van der Waals surface area contributed by atoms with Gasteiger partial charge in [0, 0.05) is 30.2 Å². The summed E-state index contributed by atoms with van der Waals surface area (Å²) in [5, 5.41) is 0.930. The SMILES string of the molecule is O=C(C=Cc1cc2ccccc2[nH]c1=O)N(CCc1ccccc1)Cc1ccccc1. The van der Waals surface area contributed by atoms with Gasteiger partial charge in [0.25, 0.3) is 5.56 Å². The second-order valence-electron chi connectivity index (χ2n) is 7.46. The van der Waals surface area contributed by atoms with E-state index in [9.17, 15) is 9.59 Å². The number of nitrogens with one attached hydrogen (secondary N) is 1. The van der Waals surface area contributed by atoms with Crippen LogP contribution in [-0.4, -0.2) is 22.3 Å². The maximum atomic E-state index is 13.0. The first kappa shape index (κ1) is 20.4. The van der Waals surface area contributed by atoms with E-state index in [0.29, 0.717) is 18.7 Å². The van der Waals surface area contributed by atoms with E-state index >= 15 is 0 Å². The van der Waals surface area contributed by atoms with Crippen LogP contribution in [0.4, 0.5) is 0 Å². The van der Waals surface area contributed by atoms with Gasteiger partial charge in [-0.05, 0) is 41.1 Å². The van der Waals surface area contributed by atoms with Crippen LogP contribution in [0.15, 0.2) is 102 Å². The Morgan fingerprint density at radius 1 is 0.839 bits per heavy atom. The van der Waals surface area contributed by atoms with E-state index < -0.39 is 0 Å². The first-order chi connectivity index (χ1) is 15.2. The number of aromatic amines is 1. The van der Waals surface area contributed by atoms with Crippen molar-refractivity contribution in [1.29, 1.82) is 0 Å². The second kappa shape index (κ2) is 9.72. The lowest BCUT2D eigenvalue weighted by molar-refractivity contribution is -0.126. The van der Waals surface area contributed by atoms with Crippen molar-refractivity contribution in [3.8, 4) is 0 Å². The molecular weight excluding hydrogens is 384 g/mol. The highest BCUT2D eigenvalue weighted by molar-refractivity contribution is 5.92. The van der Waals surface area contributed by atoms with Gasteiger partial charge in [0.15, 0.2) is 0 Å². The van der Waals surface area contributed by atoms with Crippen LogP contribution in [0.1, 0.15) is 16.7 Å². The van der Waals surface area contributed by atoms with Crippen molar-refractivity contribution in [2.45, 2.75) is 13.0 Å². The number of pyridine rings is 1. The lowest BCUT2D eigenvalue weighted by Gasteiger charge is -2.21. The fraction of sp³-hybridized carbons (Fsp3) is 0.111. The summed E-state index contributed by atoms with van der Waals surface area (Å²) in [6.07, 6.45) is 3.87. The number of hydrogen-bond acceptors (Lipinski definition) is 2. The fourth-order valence-corrected chi connectivity index (χ4v) is 3.53. The number of carbonyl (C=O) groups is 1. The van der Waals surface area contributed by atoms with Crippen molar-refractivity contribution in [2.24, 2.45) is 0 Å². The Hall–Kier alpha value is -3.92. The normalized spacial score (nSPS) is 11.1. The van der Waals surface area contributed by atoms with Gasteiger partial charge in [-0.3, -0.25) is 9.59 Å². The number of hydrogen-bond donors (Lipinski definition) is 1. The third-order valence-corrected chi connectivity index (χ3v) is 5.23. The molecule has 1 aromatic heterocycles. The van der Waals surface area contributed by atoms with Crippen LogP contribution in [0.3, 0.4) is 0 Å². The minimum absolute atomic E-state index is 0.118. The molecule has 0 saturated carbocycles. The zero-order chi connectivity index (χ0) is 21.5. The number of nitrogens with zero attached hydrogens (tertiary/aromatic N) is 1. The summed E-state index contributed by atoms with van der Waals surface area (Å²) in [5.41, 5.74) is 3.30. The number of benzene rings is 3. The van der Waals surface area contributed by atoms with Crippen LogP contribution in [0, 0.1) is 0 Å². The molecular formula is C27H24N2O2. The van der Waals surface area contributed by atoms with Crippen molar-refractivity contribution in [3.05, 3.63) is 124 Å². The molecule has 0 aliphatic rings. The molecule has 0 bridgehead atoms. The molecule has 4 heteroatoms. The molecule has 0 atom stereocenters. The van der Waals surface area contributed by atoms with Crippen molar-refractivity contribution in [3.63, 3.8) is 0 Å². The molecule has 1 N–H and O–H groups in total. The van der Waals surface area contributed by atoms with Gasteiger partial charge in [-0.2, -0.15) is 0 Å². The highest BCUT2D eigenvalue weighted by Crippen LogP contribution is 2.12. The van der Waals surface area contributed by atoms with Crippen LogP contribution >= 0.6 is 0 Å². The lowest BCUT2D eigenvalue weighted by Crippen LogP contribution is -2.31. The molecule has 1 heterocycles. The maximum Gasteiger partial charge on any atom is 0.255 e. The highest BCUT2D eigenvalue weighted by atomic mass is 16.2. The summed E-state index contributed by atoms with van der Waals surface area (Å²) < 4.78 is 0. The molecule has 0 radical (unpaired) electrons. The molecule has 4 rings (SSSR count). The first-order valence-electron chi connectivity index (χ1n) is 10.4. The Balaban J connectivity index is 1.54. The molecule has 154 valence electrons. The maximum absolute atomic E-state index is 13.0. The van der Waals surface area contributed by atoms with Gasteiger partial charge < -0.3 is 9.88 Å². The van der Waals surface area contributed by atoms with Crippen LogP contribution in [0.25, 0.3) is 17.0 Å². The van der Waals surface area contributed by atoms with Crippen LogP contribution in [0.2, 0.25) is 0 Å². The number of aromatic nitrogens is 1. The van der Waals surface area contributed by atoms with Gasteiger partial charge in [0.1, 0.15) is 0 Å². The van der Waals surface area contributed by atoms with Gasteiger partial charge >= 0.3 is 0 Å². The summed E-state index contributed by atoms with van der Waals surface area (Å²) >= 11 is 0. The molecule has 0 saturated heterocycles. The summed E-state index contributed by atoms with van der Waals surface area (Å²) in [4.78, 5) is 30.1. The molecule has 4 nitrogen and oxygen atoms in total. The number of carbonyl (C=O) groups excluding carboxylic acids is 1. The van der Waals surface area contributed by atoms with E-state index in [1.807, 2.05) is 83.8 Å². The van der Waals surface area contributed by atoms with Crippen molar-refractivity contribution in [2.75, 3.05) is 6.54 Å². The predicted molar refractivity (Wildman–Crippen MR) is 126 cm³/mol. The lowest BCUT2D eigenvalue weighted by atomic mass is 10.1. The Kier molecular flexibility index (Phi) is 6.38. The van der Waals surface area contributed by atoms with Crippen molar-refractivity contribution >= 4 is 22.9 Å². The van der Waals surface area contributed by atoms with E-state index in [4.69, 9.17) is 0 Å². The first-order valence-corrected chi connectivity index (χ1v) is 10.4. The van der Waals surface area contributed by atoms with Crippen molar-refractivity contribution < 1.29 is 4.79 Å². The van der Waals surface area contributed by atoms with E-state index in [2.05, 4.69) is 17.1 Å².